The number of fused-ring (bicyclic) bond motifs is 3. The number of imidazole rings is 1. The highest BCUT2D eigenvalue weighted by molar-refractivity contribution is 7.23. The van der Waals surface area contributed by atoms with Crippen molar-refractivity contribution in [3.8, 4) is 11.3 Å². The maximum Gasteiger partial charge on any atom is 0.251 e. The number of halogens is 2. The van der Waals surface area contributed by atoms with E-state index in [1.165, 1.54) is 11.3 Å². The van der Waals surface area contributed by atoms with E-state index < -0.39 is 6.17 Å². The van der Waals surface area contributed by atoms with Gasteiger partial charge in [0.1, 0.15) is 12.0 Å². The van der Waals surface area contributed by atoms with Crippen molar-refractivity contribution in [2.45, 2.75) is 50.9 Å². The van der Waals surface area contributed by atoms with Crippen LogP contribution in [-0.2, 0) is 6.61 Å². The van der Waals surface area contributed by atoms with Crippen molar-refractivity contribution >= 4 is 32.4 Å². The second kappa shape index (κ2) is 11.3. The maximum atomic E-state index is 15.2. The fourth-order valence-electron chi connectivity index (χ4n) is 5.77. The molecule has 4 aromatic rings. The first-order chi connectivity index (χ1) is 19.0. The largest absolute Gasteiger partial charge is 0.390 e. The van der Waals surface area contributed by atoms with Gasteiger partial charge in [0.05, 0.1) is 28.2 Å². The molecule has 0 bridgehead atoms. The van der Waals surface area contributed by atoms with Gasteiger partial charge in [0.25, 0.3) is 5.91 Å². The predicted molar refractivity (Wildman–Crippen MR) is 149 cm³/mol. The Kier molecular flexibility index (Phi) is 7.61. The Balaban J connectivity index is 1.18. The minimum atomic E-state index is -0.678. The molecule has 0 unspecified atom stereocenters. The number of piperidine rings is 1. The van der Waals surface area contributed by atoms with Gasteiger partial charge in [-0.25, -0.2) is 13.8 Å². The molecule has 39 heavy (non-hydrogen) atoms. The molecule has 2 saturated heterocycles. The van der Waals surface area contributed by atoms with Crippen LogP contribution in [0.3, 0.4) is 0 Å². The molecule has 2 aliphatic heterocycles. The Morgan fingerprint density at radius 3 is 2.77 bits per heavy atom. The second-order valence-corrected chi connectivity index (χ2v) is 11.5. The Morgan fingerprint density at radius 1 is 1.18 bits per heavy atom. The van der Waals surface area contributed by atoms with Crippen molar-refractivity contribution < 1.29 is 18.7 Å². The number of likely N-dealkylation sites (tertiary alicyclic amines) is 1. The van der Waals surface area contributed by atoms with E-state index in [0.29, 0.717) is 46.9 Å². The topological polar surface area (TPSA) is 81.9 Å². The molecule has 1 amide bonds. The van der Waals surface area contributed by atoms with E-state index in [1.54, 1.807) is 18.2 Å². The monoisotopic (exact) mass is 553 g/mol. The number of aromatic nitrogens is 2. The Hall–Kier alpha value is -2.92. The smallest absolute Gasteiger partial charge is 0.251 e. The van der Waals surface area contributed by atoms with Crippen molar-refractivity contribution in [2.75, 3.05) is 32.7 Å². The molecule has 0 saturated carbocycles. The van der Waals surface area contributed by atoms with Gasteiger partial charge in [0.2, 0.25) is 0 Å². The maximum absolute atomic E-state index is 15.2. The van der Waals surface area contributed by atoms with Crippen molar-refractivity contribution in [2.24, 2.45) is 0 Å². The normalized spacial score (nSPS) is 18.9. The number of benzene rings is 2. The number of carbonyl (C=O) groups excluding carboxylic acids is 1. The van der Waals surface area contributed by atoms with Crippen LogP contribution < -0.4 is 10.6 Å². The summed E-state index contributed by atoms with van der Waals surface area (Å²) in [5, 5.41) is 16.6. The summed E-state index contributed by atoms with van der Waals surface area (Å²) in [6.07, 6.45) is 3.40. The average Bonchev–Trinajstić information content (AvgIpc) is 3.67. The molecule has 6 rings (SSSR count). The first-order valence-electron chi connectivity index (χ1n) is 13.7. The summed E-state index contributed by atoms with van der Waals surface area (Å²) in [7, 11) is 0. The molecule has 7 nitrogen and oxygen atoms in total. The number of nitrogens with one attached hydrogen (secondary N) is 2. The van der Waals surface area contributed by atoms with E-state index in [-0.39, 0.29) is 24.4 Å². The number of aliphatic hydroxyl groups excluding tert-OH is 1. The molecule has 2 fully saturated rings. The van der Waals surface area contributed by atoms with E-state index in [2.05, 4.69) is 15.5 Å². The summed E-state index contributed by atoms with van der Waals surface area (Å²) in [4.78, 5) is 20.4. The van der Waals surface area contributed by atoms with Gasteiger partial charge in [-0.1, -0.05) is 17.4 Å². The van der Waals surface area contributed by atoms with Crippen LogP contribution in [-0.4, -0.2) is 64.2 Å². The lowest BCUT2D eigenvalue weighted by atomic mass is 10.0. The lowest BCUT2D eigenvalue weighted by Crippen LogP contribution is -2.36. The van der Waals surface area contributed by atoms with Crippen LogP contribution in [0.2, 0.25) is 0 Å². The molecule has 3 N–H and O–H groups in total. The quantitative estimate of drug-likeness (QED) is 0.273. The third-order valence-electron chi connectivity index (χ3n) is 7.92. The van der Waals surface area contributed by atoms with Gasteiger partial charge in [0, 0.05) is 36.8 Å². The fraction of sp³-hybridized carbons (Fsp3) is 0.448. The number of amides is 1. The van der Waals surface area contributed by atoms with Crippen LogP contribution in [0.5, 0.6) is 0 Å². The fourth-order valence-corrected chi connectivity index (χ4v) is 6.85. The Morgan fingerprint density at radius 2 is 2.03 bits per heavy atom. The molecule has 2 aromatic heterocycles. The SMILES string of the molecule is O=C(NCCCN1CCC(F)CC1)c1ccc2c(c1)sc1nc(-c3ccc([C@@H]4CCCN4)cc3F)c(CO)n12. The Bertz CT molecular complexity index is 1490. The van der Waals surface area contributed by atoms with E-state index in [1.807, 2.05) is 22.6 Å². The van der Waals surface area contributed by atoms with Gasteiger partial charge in [-0.2, -0.15) is 0 Å². The number of alkyl halides is 1. The number of hydrogen-bond donors (Lipinski definition) is 3. The molecular formula is C29H33F2N5O2S. The molecule has 0 aliphatic carbocycles. The molecule has 206 valence electrons. The van der Waals surface area contributed by atoms with E-state index >= 15 is 4.39 Å². The van der Waals surface area contributed by atoms with Gasteiger partial charge in [0.15, 0.2) is 4.96 Å². The van der Waals surface area contributed by atoms with Crippen LogP contribution >= 0.6 is 11.3 Å². The summed E-state index contributed by atoms with van der Waals surface area (Å²) in [5.41, 5.74) is 3.63. The van der Waals surface area contributed by atoms with E-state index in [0.717, 1.165) is 61.2 Å². The summed E-state index contributed by atoms with van der Waals surface area (Å²) in [6, 6.07) is 10.9. The highest BCUT2D eigenvalue weighted by atomic mass is 32.1. The number of nitrogens with zero attached hydrogens (tertiary/aromatic N) is 3. The zero-order chi connectivity index (χ0) is 26.9. The molecule has 2 aliphatic rings. The number of thiazole rings is 1. The first kappa shape index (κ1) is 26.3. The predicted octanol–water partition coefficient (Wildman–Crippen LogP) is 4.83. The molecule has 1 atom stereocenters. The number of rotatable bonds is 8. The minimum Gasteiger partial charge on any atom is -0.390 e. The molecule has 4 heterocycles. The van der Waals surface area contributed by atoms with Gasteiger partial charge < -0.3 is 20.6 Å². The summed E-state index contributed by atoms with van der Waals surface area (Å²) in [6.45, 7) is 3.61. The number of hydrogen-bond acceptors (Lipinski definition) is 6. The summed E-state index contributed by atoms with van der Waals surface area (Å²) < 4.78 is 31.2. The number of aliphatic hydroxyl groups is 1. The number of carbonyl (C=O) groups is 1. The minimum absolute atomic E-state index is 0.146. The molecule has 0 radical (unpaired) electrons. The van der Waals surface area contributed by atoms with Crippen LogP contribution in [0.1, 0.15) is 59.8 Å². The Labute approximate surface area is 229 Å². The van der Waals surface area contributed by atoms with Gasteiger partial charge in [-0.15, -0.1) is 0 Å². The van der Waals surface area contributed by atoms with Crippen LogP contribution in [0.15, 0.2) is 36.4 Å². The zero-order valence-electron chi connectivity index (χ0n) is 21.8. The standard InChI is InChI=1S/C29H33F2N5O2S/c30-20-8-13-35(14-9-20)12-2-11-33-28(38)19-5-7-24-26(16-19)39-29-34-27(25(17-37)36(24)29)21-6-4-18(15-22(21)31)23-3-1-10-32-23/h4-7,15-16,20,23,32,37H,1-3,8-14,17H2,(H,33,38)/t23-/m0/s1. The second-order valence-electron chi connectivity index (χ2n) is 10.5. The third-order valence-corrected chi connectivity index (χ3v) is 8.92. The van der Waals surface area contributed by atoms with Crippen molar-refractivity contribution in [1.29, 1.82) is 0 Å². The highest BCUT2D eigenvalue weighted by Crippen LogP contribution is 2.35. The van der Waals surface area contributed by atoms with Crippen molar-refractivity contribution in [3.63, 3.8) is 0 Å². The molecule has 0 spiro atoms. The zero-order valence-corrected chi connectivity index (χ0v) is 22.6. The van der Waals surface area contributed by atoms with Gasteiger partial charge >= 0.3 is 0 Å². The van der Waals surface area contributed by atoms with Crippen LogP contribution in [0, 0.1) is 5.82 Å². The van der Waals surface area contributed by atoms with Gasteiger partial charge in [-0.3, -0.25) is 9.20 Å². The summed E-state index contributed by atoms with van der Waals surface area (Å²) >= 11 is 1.41. The third kappa shape index (κ3) is 5.30. The highest BCUT2D eigenvalue weighted by Gasteiger charge is 2.23. The molecule has 2 aromatic carbocycles. The lowest BCUT2D eigenvalue weighted by Gasteiger charge is -2.28. The first-order valence-corrected chi connectivity index (χ1v) is 14.6. The van der Waals surface area contributed by atoms with Crippen LogP contribution in [0.4, 0.5) is 8.78 Å². The average molecular weight is 554 g/mol. The van der Waals surface area contributed by atoms with Crippen molar-refractivity contribution in [3.05, 3.63) is 59.0 Å². The van der Waals surface area contributed by atoms with Gasteiger partial charge in [-0.05, 0) is 81.1 Å². The molecular weight excluding hydrogens is 520 g/mol. The summed E-state index contributed by atoms with van der Waals surface area (Å²) in [5.74, 6) is -0.496. The van der Waals surface area contributed by atoms with E-state index in [4.69, 9.17) is 4.98 Å². The molecule has 10 heteroatoms. The van der Waals surface area contributed by atoms with E-state index in [9.17, 15) is 14.3 Å². The lowest BCUT2D eigenvalue weighted by molar-refractivity contribution is 0.0950. The van der Waals surface area contributed by atoms with Crippen molar-refractivity contribution in [1.82, 2.24) is 24.9 Å². The van der Waals surface area contributed by atoms with Crippen LogP contribution in [0.25, 0.3) is 26.4 Å².